The molecule has 0 amide bonds. The van der Waals surface area contributed by atoms with Gasteiger partial charge in [0, 0.05) is 29.2 Å². The van der Waals surface area contributed by atoms with Crippen molar-refractivity contribution in [3.05, 3.63) is 54.1 Å². The zero-order valence-electron chi connectivity index (χ0n) is 14.5. The minimum Gasteiger partial charge on any atom is -0.755 e. The molecule has 0 heterocycles. The summed E-state index contributed by atoms with van der Waals surface area (Å²) in [5, 5.41) is 3.33. The molecule has 0 aliphatic carbocycles. The number of rotatable bonds is 11. The molecule has 2 rings (SSSR count). The van der Waals surface area contributed by atoms with Crippen LogP contribution in [0.4, 0.5) is 11.4 Å². The Bertz CT molecular complexity index is 645. The molecular formula is C19H25N2O3S-. The Morgan fingerprint density at radius 2 is 1.68 bits per heavy atom. The zero-order chi connectivity index (χ0) is 17.9. The van der Waals surface area contributed by atoms with Crippen LogP contribution in [0.15, 0.2) is 48.5 Å². The SMILES string of the molecule is CCCCOc1ccc(CCCNc2ccc(NS(=O)[O-])cc2)cc1. The Hall–Kier alpha value is -2.05. The second-order valence-corrected chi connectivity index (χ2v) is 6.46. The summed E-state index contributed by atoms with van der Waals surface area (Å²) < 4.78 is 29.1. The van der Waals surface area contributed by atoms with Crippen molar-refractivity contribution in [1.82, 2.24) is 0 Å². The van der Waals surface area contributed by atoms with Gasteiger partial charge in [-0.15, -0.1) is 0 Å². The number of unbranched alkanes of at least 4 members (excludes halogenated alkanes) is 1. The fourth-order valence-corrected chi connectivity index (χ4v) is 2.69. The topological polar surface area (TPSA) is 73.4 Å². The highest BCUT2D eigenvalue weighted by atomic mass is 32.2. The van der Waals surface area contributed by atoms with E-state index in [4.69, 9.17) is 4.74 Å². The summed E-state index contributed by atoms with van der Waals surface area (Å²) in [7, 11) is 0. The van der Waals surface area contributed by atoms with E-state index in [-0.39, 0.29) is 0 Å². The quantitative estimate of drug-likeness (QED) is 0.466. The summed E-state index contributed by atoms with van der Waals surface area (Å²) in [4.78, 5) is 0. The Kier molecular flexibility index (Phi) is 8.28. The zero-order valence-corrected chi connectivity index (χ0v) is 15.3. The summed E-state index contributed by atoms with van der Waals surface area (Å²) in [6, 6.07) is 15.5. The van der Waals surface area contributed by atoms with Crippen LogP contribution in [0, 0.1) is 0 Å². The lowest BCUT2D eigenvalue weighted by Gasteiger charge is -2.10. The molecule has 136 valence electrons. The van der Waals surface area contributed by atoms with Crippen molar-refractivity contribution in [1.29, 1.82) is 0 Å². The van der Waals surface area contributed by atoms with Crippen molar-refractivity contribution in [2.24, 2.45) is 0 Å². The number of benzene rings is 2. The number of aryl methyl sites for hydroxylation is 1. The van der Waals surface area contributed by atoms with Crippen molar-refractivity contribution in [2.45, 2.75) is 32.6 Å². The first-order chi connectivity index (χ1) is 12.2. The largest absolute Gasteiger partial charge is 0.755 e. The molecule has 0 radical (unpaired) electrons. The Labute approximate surface area is 152 Å². The maximum absolute atomic E-state index is 10.6. The first kappa shape index (κ1) is 19.3. The third-order valence-electron chi connectivity index (χ3n) is 3.75. The van der Waals surface area contributed by atoms with Gasteiger partial charge in [-0.1, -0.05) is 25.5 Å². The normalized spacial score (nSPS) is 11.8. The fourth-order valence-electron chi connectivity index (χ4n) is 2.36. The highest BCUT2D eigenvalue weighted by molar-refractivity contribution is 7.80. The van der Waals surface area contributed by atoms with Gasteiger partial charge in [0.15, 0.2) is 0 Å². The monoisotopic (exact) mass is 361 g/mol. The number of hydrogen-bond acceptors (Lipinski definition) is 4. The molecule has 0 saturated carbocycles. The van der Waals surface area contributed by atoms with Crippen LogP contribution in [0.2, 0.25) is 0 Å². The van der Waals surface area contributed by atoms with Gasteiger partial charge in [-0.3, -0.25) is 4.21 Å². The molecule has 0 aliphatic heterocycles. The van der Waals surface area contributed by atoms with E-state index < -0.39 is 11.3 Å². The average molecular weight is 361 g/mol. The van der Waals surface area contributed by atoms with E-state index in [0.717, 1.165) is 50.3 Å². The molecule has 25 heavy (non-hydrogen) atoms. The first-order valence-corrected chi connectivity index (χ1v) is 9.66. The highest BCUT2D eigenvalue weighted by Crippen LogP contribution is 2.15. The lowest BCUT2D eigenvalue weighted by atomic mass is 10.1. The summed E-state index contributed by atoms with van der Waals surface area (Å²) in [6.07, 6.45) is 4.24. The van der Waals surface area contributed by atoms with Crippen LogP contribution in [-0.2, 0) is 17.7 Å². The summed E-state index contributed by atoms with van der Waals surface area (Å²) in [5.74, 6) is 0.933. The van der Waals surface area contributed by atoms with Gasteiger partial charge in [0.25, 0.3) is 0 Å². The van der Waals surface area contributed by atoms with Crippen LogP contribution in [0.3, 0.4) is 0 Å². The molecule has 0 aliphatic rings. The molecule has 2 aromatic rings. The van der Waals surface area contributed by atoms with E-state index in [1.54, 1.807) is 12.1 Å². The predicted molar refractivity (Wildman–Crippen MR) is 103 cm³/mol. The fraction of sp³-hybridized carbons (Fsp3) is 0.368. The van der Waals surface area contributed by atoms with E-state index in [1.807, 2.05) is 24.3 Å². The third-order valence-corrected chi connectivity index (χ3v) is 4.15. The molecule has 2 N–H and O–H groups in total. The van der Waals surface area contributed by atoms with Gasteiger partial charge in [0.2, 0.25) is 0 Å². The lowest BCUT2D eigenvalue weighted by molar-refractivity contribution is 0.309. The minimum absolute atomic E-state index is 0.556. The maximum Gasteiger partial charge on any atom is 0.119 e. The number of ether oxygens (including phenoxy) is 1. The van der Waals surface area contributed by atoms with Crippen LogP contribution >= 0.6 is 0 Å². The molecule has 2 aromatic carbocycles. The van der Waals surface area contributed by atoms with Gasteiger partial charge < -0.3 is 19.3 Å². The molecule has 6 heteroatoms. The molecule has 0 spiro atoms. The molecule has 1 atom stereocenters. The van der Waals surface area contributed by atoms with E-state index in [0.29, 0.717) is 5.69 Å². The summed E-state index contributed by atoms with van der Waals surface area (Å²) >= 11 is -2.29. The lowest BCUT2D eigenvalue weighted by Crippen LogP contribution is -2.04. The maximum atomic E-state index is 10.6. The van der Waals surface area contributed by atoms with Gasteiger partial charge in [0.05, 0.1) is 6.61 Å². The number of anilines is 2. The number of nitrogens with one attached hydrogen (secondary N) is 2. The van der Waals surface area contributed by atoms with E-state index in [9.17, 15) is 8.76 Å². The van der Waals surface area contributed by atoms with Crippen molar-refractivity contribution in [3.8, 4) is 5.75 Å². The smallest absolute Gasteiger partial charge is 0.119 e. The molecular weight excluding hydrogens is 336 g/mol. The first-order valence-electron chi connectivity index (χ1n) is 8.59. The Morgan fingerprint density at radius 3 is 2.32 bits per heavy atom. The molecule has 0 fully saturated rings. The van der Waals surface area contributed by atoms with Gasteiger partial charge >= 0.3 is 0 Å². The van der Waals surface area contributed by atoms with Gasteiger partial charge in [-0.05, 0) is 61.2 Å². The van der Waals surface area contributed by atoms with Gasteiger partial charge in [-0.2, -0.15) is 0 Å². The van der Waals surface area contributed by atoms with Crippen LogP contribution < -0.4 is 14.8 Å². The number of hydrogen-bond donors (Lipinski definition) is 2. The van der Waals surface area contributed by atoms with Gasteiger partial charge in [-0.25, -0.2) is 0 Å². The van der Waals surface area contributed by atoms with Crippen LogP contribution in [0.5, 0.6) is 5.75 Å². The summed E-state index contributed by atoms with van der Waals surface area (Å²) in [6.45, 7) is 3.79. The average Bonchev–Trinajstić information content (AvgIpc) is 2.61. The second-order valence-electron chi connectivity index (χ2n) is 5.79. The molecule has 0 aromatic heterocycles. The van der Waals surface area contributed by atoms with E-state index in [2.05, 4.69) is 29.1 Å². The molecule has 1 unspecified atom stereocenters. The van der Waals surface area contributed by atoms with Crippen LogP contribution in [0.1, 0.15) is 31.7 Å². The molecule has 5 nitrogen and oxygen atoms in total. The van der Waals surface area contributed by atoms with Crippen molar-refractivity contribution in [2.75, 3.05) is 23.2 Å². The predicted octanol–water partition coefficient (Wildman–Crippen LogP) is 4.12. The van der Waals surface area contributed by atoms with E-state index in [1.165, 1.54) is 5.56 Å². The van der Waals surface area contributed by atoms with E-state index >= 15 is 0 Å². The van der Waals surface area contributed by atoms with Crippen LogP contribution in [-0.4, -0.2) is 21.9 Å². The Morgan fingerprint density at radius 1 is 1.00 bits per heavy atom. The molecule has 0 saturated heterocycles. The van der Waals surface area contributed by atoms with Crippen LogP contribution in [0.25, 0.3) is 0 Å². The second kappa shape index (κ2) is 10.7. The standard InChI is InChI=1S/C19H26N2O3S/c1-2-3-15-24-19-12-6-16(7-13-19)5-4-14-20-17-8-10-18(11-9-17)21-25(22)23/h6-13,20-21H,2-5,14-15H2,1H3,(H,22,23)/p-1. The van der Waals surface area contributed by atoms with Crippen molar-refractivity contribution >= 4 is 22.6 Å². The third kappa shape index (κ3) is 7.58. The minimum atomic E-state index is -2.29. The van der Waals surface area contributed by atoms with Crippen molar-refractivity contribution < 1.29 is 13.5 Å². The molecule has 0 bridgehead atoms. The van der Waals surface area contributed by atoms with Gasteiger partial charge in [0.1, 0.15) is 5.75 Å². The Balaban J connectivity index is 1.67. The highest BCUT2D eigenvalue weighted by Gasteiger charge is 1.98. The van der Waals surface area contributed by atoms with Crippen molar-refractivity contribution in [3.63, 3.8) is 0 Å². The summed E-state index contributed by atoms with van der Waals surface area (Å²) in [5.41, 5.74) is 2.82.